The summed E-state index contributed by atoms with van der Waals surface area (Å²) >= 11 is 1.60. The minimum atomic E-state index is 0.0511. The maximum Gasteiger partial charge on any atom is 0.261 e. The number of ether oxygens (including phenoxy) is 1. The average Bonchev–Trinajstić information content (AvgIpc) is 3.13. The SMILES string of the molecule is CCCc1c(C(=O)NCC2CCCO2)sc2ccccc12. The van der Waals surface area contributed by atoms with Crippen LogP contribution in [0.2, 0.25) is 0 Å². The molecule has 1 fully saturated rings. The summed E-state index contributed by atoms with van der Waals surface area (Å²) in [7, 11) is 0. The van der Waals surface area contributed by atoms with Gasteiger partial charge in [-0.3, -0.25) is 4.79 Å². The van der Waals surface area contributed by atoms with E-state index >= 15 is 0 Å². The zero-order valence-electron chi connectivity index (χ0n) is 12.4. The second kappa shape index (κ2) is 6.58. The van der Waals surface area contributed by atoms with Crippen LogP contribution in [0.4, 0.5) is 0 Å². The van der Waals surface area contributed by atoms with Crippen molar-refractivity contribution in [2.75, 3.05) is 13.2 Å². The molecule has 1 unspecified atom stereocenters. The van der Waals surface area contributed by atoms with E-state index in [4.69, 9.17) is 4.74 Å². The normalized spacial score (nSPS) is 18.2. The molecule has 1 atom stereocenters. The largest absolute Gasteiger partial charge is 0.376 e. The lowest BCUT2D eigenvalue weighted by Gasteiger charge is -2.11. The molecule has 1 aliphatic heterocycles. The molecule has 0 aliphatic carbocycles. The van der Waals surface area contributed by atoms with Gasteiger partial charge >= 0.3 is 0 Å². The van der Waals surface area contributed by atoms with Crippen molar-refractivity contribution in [1.82, 2.24) is 5.32 Å². The monoisotopic (exact) mass is 303 g/mol. The van der Waals surface area contributed by atoms with Gasteiger partial charge in [0.25, 0.3) is 5.91 Å². The first-order valence-corrected chi connectivity index (χ1v) is 8.51. The summed E-state index contributed by atoms with van der Waals surface area (Å²) < 4.78 is 6.76. The molecule has 4 heteroatoms. The van der Waals surface area contributed by atoms with Gasteiger partial charge in [0.2, 0.25) is 0 Å². The molecular weight excluding hydrogens is 282 g/mol. The van der Waals surface area contributed by atoms with Crippen molar-refractivity contribution in [1.29, 1.82) is 0 Å². The van der Waals surface area contributed by atoms with Crippen LogP contribution in [0.1, 0.15) is 41.4 Å². The highest BCUT2D eigenvalue weighted by molar-refractivity contribution is 7.21. The van der Waals surface area contributed by atoms with Crippen LogP contribution in [0.15, 0.2) is 24.3 Å². The number of aryl methyl sites for hydroxylation is 1. The van der Waals surface area contributed by atoms with E-state index in [0.29, 0.717) is 6.54 Å². The fourth-order valence-electron chi connectivity index (χ4n) is 2.87. The van der Waals surface area contributed by atoms with Gasteiger partial charge in [-0.05, 0) is 36.3 Å². The lowest BCUT2D eigenvalue weighted by molar-refractivity contribution is 0.0860. The number of amides is 1. The number of hydrogen-bond acceptors (Lipinski definition) is 3. The molecule has 21 heavy (non-hydrogen) atoms. The maximum atomic E-state index is 12.5. The van der Waals surface area contributed by atoms with E-state index in [1.165, 1.54) is 15.6 Å². The third-order valence-corrected chi connectivity index (χ3v) is 5.13. The quantitative estimate of drug-likeness (QED) is 0.913. The van der Waals surface area contributed by atoms with Crippen LogP contribution in [-0.4, -0.2) is 25.2 Å². The van der Waals surface area contributed by atoms with E-state index in [1.807, 2.05) is 12.1 Å². The molecule has 3 nitrogen and oxygen atoms in total. The van der Waals surface area contributed by atoms with Crippen LogP contribution in [0, 0.1) is 0 Å². The molecular formula is C17H21NO2S. The summed E-state index contributed by atoms with van der Waals surface area (Å²) in [5.41, 5.74) is 1.20. The predicted octanol–water partition coefficient (Wildman–Crippen LogP) is 3.76. The summed E-state index contributed by atoms with van der Waals surface area (Å²) in [5.74, 6) is 0.0511. The van der Waals surface area contributed by atoms with E-state index < -0.39 is 0 Å². The van der Waals surface area contributed by atoms with Crippen LogP contribution in [0.3, 0.4) is 0 Å². The molecule has 1 N–H and O–H groups in total. The number of rotatable bonds is 5. The smallest absolute Gasteiger partial charge is 0.261 e. The molecule has 1 aromatic heterocycles. The minimum Gasteiger partial charge on any atom is -0.376 e. The van der Waals surface area contributed by atoms with Gasteiger partial charge in [-0.2, -0.15) is 0 Å². The zero-order chi connectivity index (χ0) is 14.7. The Balaban J connectivity index is 1.80. The molecule has 0 bridgehead atoms. The first-order valence-electron chi connectivity index (χ1n) is 7.69. The van der Waals surface area contributed by atoms with Crippen LogP contribution in [-0.2, 0) is 11.2 Å². The van der Waals surface area contributed by atoms with Crippen molar-refractivity contribution in [3.8, 4) is 0 Å². The summed E-state index contributed by atoms with van der Waals surface area (Å²) in [5, 5.41) is 4.28. The fraction of sp³-hybridized carbons (Fsp3) is 0.471. The third kappa shape index (κ3) is 3.11. The molecule has 3 rings (SSSR count). The molecule has 1 aliphatic rings. The number of carbonyl (C=O) groups is 1. The molecule has 0 saturated carbocycles. The Kier molecular flexibility index (Phi) is 4.56. The Morgan fingerprint density at radius 2 is 2.29 bits per heavy atom. The highest BCUT2D eigenvalue weighted by atomic mass is 32.1. The molecule has 112 valence electrons. The average molecular weight is 303 g/mol. The van der Waals surface area contributed by atoms with E-state index in [2.05, 4.69) is 24.4 Å². The number of nitrogens with one attached hydrogen (secondary N) is 1. The Labute approximate surface area is 129 Å². The standard InChI is InChI=1S/C17H21NO2S/c1-2-6-14-13-8-3-4-9-15(13)21-16(14)17(19)18-11-12-7-5-10-20-12/h3-4,8-9,12H,2,5-7,10-11H2,1H3,(H,18,19). The molecule has 1 saturated heterocycles. The highest BCUT2D eigenvalue weighted by Crippen LogP contribution is 2.32. The van der Waals surface area contributed by atoms with E-state index in [9.17, 15) is 4.79 Å². The van der Waals surface area contributed by atoms with Gasteiger partial charge < -0.3 is 10.1 Å². The fourth-order valence-corrected chi connectivity index (χ4v) is 4.04. The number of fused-ring (bicyclic) bond motifs is 1. The van der Waals surface area contributed by atoms with Crippen LogP contribution < -0.4 is 5.32 Å². The first kappa shape index (κ1) is 14.5. The first-order chi connectivity index (χ1) is 10.3. The molecule has 2 heterocycles. The number of carbonyl (C=O) groups excluding carboxylic acids is 1. The van der Waals surface area contributed by atoms with Gasteiger partial charge in [0.15, 0.2) is 0 Å². The Hall–Kier alpha value is -1.39. The summed E-state index contributed by atoms with van der Waals surface area (Å²) in [4.78, 5) is 13.4. The zero-order valence-corrected chi connectivity index (χ0v) is 13.2. The Morgan fingerprint density at radius 3 is 3.05 bits per heavy atom. The van der Waals surface area contributed by atoms with E-state index in [-0.39, 0.29) is 12.0 Å². The maximum absolute atomic E-state index is 12.5. The molecule has 2 aromatic rings. The second-order valence-corrected chi connectivity index (χ2v) is 6.55. The highest BCUT2D eigenvalue weighted by Gasteiger charge is 2.20. The van der Waals surface area contributed by atoms with E-state index in [1.54, 1.807) is 11.3 Å². The van der Waals surface area contributed by atoms with Gasteiger partial charge in [-0.15, -0.1) is 11.3 Å². The molecule has 0 radical (unpaired) electrons. The van der Waals surface area contributed by atoms with Gasteiger partial charge in [0.1, 0.15) is 0 Å². The van der Waals surface area contributed by atoms with Gasteiger partial charge in [0, 0.05) is 17.9 Å². The summed E-state index contributed by atoms with van der Waals surface area (Å²) in [6.07, 6.45) is 4.34. The van der Waals surface area contributed by atoms with Crippen molar-refractivity contribution >= 4 is 27.3 Å². The van der Waals surface area contributed by atoms with Crippen molar-refractivity contribution in [2.45, 2.75) is 38.7 Å². The topological polar surface area (TPSA) is 38.3 Å². The van der Waals surface area contributed by atoms with Gasteiger partial charge in [-0.25, -0.2) is 0 Å². The summed E-state index contributed by atoms with van der Waals surface area (Å²) in [6, 6.07) is 8.29. The van der Waals surface area contributed by atoms with Gasteiger partial charge in [0.05, 0.1) is 11.0 Å². The lowest BCUT2D eigenvalue weighted by atomic mass is 10.1. The van der Waals surface area contributed by atoms with Crippen molar-refractivity contribution in [3.05, 3.63) is 34.7 Å². The summed E-state index contributed by atoms with van der Waals surface area (Å²) in [6.45, 7) is 3.60. The minimum absolute atomic E-state index is 0.0511. The predicted molar refractivity (Wildman–Crippen MR) is 87.1 cm³/mol. The van der Waals surface area contributed by atoms with Crippen LogP contribution in [0.25, 0.3) is 10.1 Å². The van der Waals surface area contributed by atoms with Crippen LogP contribution in [0.5, 0.6) is 0 Å². The third-order valence-electron chi connectivity index (χ3n) is 3.92. The number of thiophene rings is 1. The number of hydrogen-bond donors (Lipinski definition) is 1. The lowest BCUT2D eigenvalue weighted by Crippen LogP contribution is -2.31. The Morgan fingerprint density at radius 1 is 1.43 bits per heavy atom. The molecule has 0 spiro atoms. The van der Waals surface area contributed by atoms with E-state index in [0.717, 1.165) is 37.2 Å². The molecule has 1 amide bonds. The second-order valence-electron chi connectivity index (χ2n) is 5.50. The Bertz CT molecular complexity index is 629. The van der Waals surface area contributed by atoms with Crippen molar-refractivity contribution in [2.24, 2.45) is 0 Å². The van der Waals surface area contributed by atoms with Crippen molar-refractivity contribution < 1.29 is 9.53 Å². The van der Waals surface area contributed by atoms with Crippen LogP contribution >= 0.6 is 11.3 Å². The number of benzene rings is 1. The molecule has 1 aromatic carbocycles. The van der Waals surface area contributed by atoms with Crippen molar-refractivity contribution in [3.63, 3.8) is 0 Å². The van der Waals surface area contributed by atoms with Gasteiger partial charge in [-0.1, -0.05) is 31.5 Å².